The van der Waals surface area contributed by atoms with Gasteiger partial charge in [-0.2, -0.15) is 0 Å². The van der Waals surface area contributed by atoms with Crippen LogP contribution in [0.1, 0.15) is 6.92 Å². The molecule has 0 spiro atoms. The summed E-state index contributed by atoms with van der Waals surface area (Å²) in [7, 11) is 0. The van der Waals surface area contributed by atoms with Gasteiger partial charge in [-0.05, 0) is 36.8 Å². The van der Waals surface area contributed by atoms with Crippen LogP contribution >= 0.6 is 0 Å². The number of hydrogen-bond donors (Lipinski definition) is 1. The van der Waals surface area contributed by atoms with Crippen molar-refractivity contribution in [3.8, 4) is 5.75 Å². The smallest absolute Gasteiger partial charge is 0.120 e. The summed E-state index contributed by atoms with van der Waals surface area (Å²) < 4.78 is 5.53. The van der Waals surface area contributed by atoms with E-state index in [9.17, 15) is 0 Å². The van der Waals surface area contributed by atoms with Gasteiger partial charge in [0.05, 0.1) is 0 Å². The molecule has 0 fully saturated rings. The van der Waals surface area contributed by atoms with E-state index in [-0.39, 0.29) is 0 Å². The second-order valence-electron chi connectivity index (χ2n) is 3.47. The van der Waals surface area contributed by atoms with Gasteiger partial charge in [-0.15, -0.1) is 0 Å². The molecule has 2 aromatic rings. The van der Waals surface area contributed by atoms with Crippen molar-refractivity contribution in [1.29, 1.82) is 0 Å². The number of hydrogen-bond acceptors (Lipinski definition) is 1. The Balaban J connectivity index is 2.21. The number of H-pyrrole nitrogens is 1. The van der Waals surface area contributed by atoms with Gasteiger partial charge in [0.1, 0.15) is 12.4 Å². The van der Waals surface area contributed by atoms with E-state index in [1.54, 1.807) is 0 Å². The summed E-state index contributed by atoms with van der Waals surface area (Å²) in [6.07, 6.45) is 1.92. The lowest BCUT2D eigenvalue weighted by molar-refractivity contribution is 0.353. The van der Waals surface area contributed by atoms with Crippen LogP contribution in [0.25, 0.3) is 10.9 Å². The van der Waals surface area contributed by atoms with Crippen molar-refractivity contribution in [3.63, 3.8) is 0 Å². The van der Waals surface area contributed by atoms with Crippen molar-refractivity contribution in [2.75, 3.05) is 6.61 Å². The van der Waals surface area contributed by atoms with E-state index in [0.717, 1.165) is 16.8 Å². The third-order valence-electron chi connectivity index (χ3n) is 2.01. The Morgan fingerprint density at radius 2 is 2.29 bits per heavy atom. The zero-order chi connectivity index (χ0) is 9.97. The number of aromatic amines is 1. The Morgan fingerprint density at radius 1 is 1.43 bits per heavy atom. The van der Waals surface area contributed by atoms with E-state index < -0.39 is 0 Å². The average Bonchev–Trinajstić information content (AvgIpc) is 2.61. The van der Waals surface area contributed by atoms with E-state index in [4.69, 9.17) is 4.74 Å². The van der Waals surface area contributed by atoms with Crippen molar-refractivity contribution in [1.82, 2.24) is 4.98 Å². The molecule has 1 aromatic carbocycles. The second kappa shape index (κ2) is 3.58. The minimum Gasteiger partial charge on any atom is -0.489 e. The molecule has 0 aliphatic heterocycles. The van der Waals surface area contributed by atoms with Crippen molar-refractivity contribution in [2.24, 2.45) is 0 Å². The van der Waals surface area contributed by atoms with Crippen LogP contribution in [0, 0.1) is 0 Å². The first-order chi connectivity index (χ1) is 6.75. The molecule has 1 aromatic heterocycles. The molecular weight excluding hydrogens is 174 g/mol. The molecule has 2 nitrogen and oxygen atoms in total. The van der Waals surface area contributed by atoms with Crippen LogP contribution in [0.2, 0.25) is 0 Å². The molecule has 0 saturated heterocycles. The van der Waals surface area contributed by atoms with Crippen molar-refractivity contribution in [3.05, 3.63) is 42.6 Å². The minimum atomic E-state index is 0.579. The van der Waals surface area contributed by atoms with Gasteiger partial charge in [0.2, 0.25) is 0 Å². The molecule has 14 heavy (non-hydrogen) atoms. The fraction of sp³-hybridized carbons (Fsp3) is 0.167. The predicted molar refractivity (Wildman–Crippen MR) is 58.6 cm³/mol. The Labute approximate surface area is 83.2 Å². The van der Waals surface area contributed by atoms with Gasteiger partial charge >= 0.3 is 0 Å². The van der Waals surface area contributed by atoms with Crippen LogP contribution in [0.4, 0.5) is 0 Å². The molecule has 0 saturated carbocycles. The number of rotatable bonds is 3. The molecule has 72 valence electrons. The molecule has 0 atom stereocenters. The van der Waals surface area contributed by atoms with Crippen LogP contribution in [0.5, 0.6) is 5.75 Å². The van der Waals surface area contributed by atoms with Crippen LogP contribution in [-0.4, -0.2) is 11.6 Å². The Morgan fingerprint density at radius 3 is 3.07 bits per heavy atom. The fourth-order valence-corrected chi connectivity index (χ4v) is 1.33. The third kappa shape index (κ3) is 1.79. The highest BCUT2D eigenvalue weighted by Gasteiger charge is 1.97. The quantitative estimate of drug-likeness (QED) is 0.734. The van der Waals surface area contributed by atoms with E-state index in [0.29, 0.717) is 6.61 Å². The summed E-state index contributed by atoms with van der Waals surface area (Å²) >= 11 is 0. The monoisotopic (exact) mass is 187 g/mol. The standard InChI is InChI=1S/C12H13NO/c1-9(2)8-14-11-3-4-12-10(7-11)5-6-13-12/h3-7,13H,1,8H2,2H3. The maximum Gasteiger partial charge on any atom is 0.120 e. The van der Waals surface area contributed by atoms with Gasteiger partial charge in [-0.3, -0.25) is 0 Å². The van der Waals surface area contributed by atoms with E-state index in [1.165, 1.54) is 5.39 Å². The lowest BCUT2D eigenvalue weighted by Crippen LogP contribution is -1.96. The lowest BCUT2D eigenvalue weighted by Gasteiger charge is -2.05. The normalized spacial score (nSPS) is 10.4. The summed E-state index contributed by atoms with van der Waals surface area (Å²) in [6, 6.07) is 8.03. The SMILES string of the molecule is C=C(C)COc1ccc2[nH]ccc2c1. The third-order valence-corrected chi connectivity index (χ3v) is 2.01. The topological polar surface area (TPSA) is 25.0 Å². The molecule has 0 bridgehead atoms. The maximum atomic E-state index is 5.53. The van der Waals surface area contributed by atoms with Gasteiger partial charge in [0.25, 0.3) is 0 Å². The summed E-state index contributed by atoms with van der Waals surface area (Å²) in [6.45, 7) is 6.32. The van der Waals surface area contributed by atoms with Gasteiger partial charge in [-0.25, -0.2) is 0 Å². The Bertz CT molecular complexity index is 456. The van der Waals surface area contributed by atoms with E-state index >= 15 is 0 Å². The number of nitrogens with one attached hydrogen (secondary N) is 1. The van der Waals surface area contributed by atoms with Crippen molar-refractivity contribution < 1.29 is 4.74 Å². The van der Waals surface area contributed by atoms with Crippen LogP contribution in [0.3, 0.4) is 0 Å². The van der Waals surface area contributed by atoms with Crippen LogP contribution in [0.15, 0.2) is 42.6 Å². The molecular formula is C12H13NO. The first kappa shape index (κ1) is 8.88. The number of benzene rings is 1. The molecule has 2 heteroatoms. The maximum absolute atomic E-state index is 5.53. The zero-order valence-corrected chi connectivity index (χ0v) is 8.21. The molecule has 1 heterocycles. The van der Waals surface area contributed by atoms with Gasteiger partial charge in [0, 0.05) is 17.1 Å². The molecule has 2 rings (SSSR count). The largest absolute Gasteiger partial charge is 0.489 e. The average molecular weight is 187 g/mol. The molecule has 0 amide bonds. The van der Waals surface area contributed by atoms with Gasteiger partial charge in [-0.1, -0.05) is 6.58 Å². The molecule has 0 radical (unpaired) electrons. The zero-order valence-electron chi connectivity index (χ0n) is 8.21. The molecule has 1 N–H and O–H groups in total. The highest BCUT2D eigenvalue weighted by Crippen LogP contribution is 2.19. The molecule has 0 aliphatic carbocycles. The molecule has 0 aliphatic rings. The van der Waals surface area contributed by atoms with Crippen LogP contribution < -0.4 is 4.74 Å². The first-order valence-electron chi connectivity index (χ1n) is 4.60. The highest BCUT2D eigenvalue weighted by atomic mass is 16.5. The fourth-order valence-electron chi connectivity index (χ4n) is 1.33. The lowest BCUT2D eigenvalue weighted by atomic mass is 10.2. The number of aromatic nitrogens is 1. The Kier molecular flexibility index (Phi) is 2.27. The number of ether oxygens (including phenoxy) is 1. The minimum absolute atomic E-state index is 0.579. The van der Waals surface area contributed by atoms with Gasteiger partial charge < -0.3 is 9.72 Å². The summed E-state index contributed by atoms with van der Waals surface area (Å²) in [5, 5.41) is 1.17. The molecule has 0 unspecified atom stereocenters. The highest BCUT2D eigenvalue weighted by molar-refractivity contribution is 5.80. The summed E-state index contributed by atoms with van der Waals surface area (Å²) in [5.41, 5.74) is 2.16. The summed E-state index contributed by atoms with van der Waals surface area (Å²) in [5.74, 6) is 0.889. The summed E-state index contributed by atoms with van der Waals surface area (Å²) in [4.78, 5) is 3.14. The van der Waals surface area contributed by atoms with Crippen LogP contribution in [-0.2, 0) is 0 Å². The van der Waals surface area contributed by atoms with Crippen molar-refractivity contribution in [2.45, 2.75) is 6.92 Å². The second-order valence-corrected chi connectivity index (χ2v) is 3.47. The first-order valence-corrected chi connectivity index (χ1v) is 4.60. The van der Waals surface area contributed by atoms with E-state index in [1.807, 2.05) is 37.4 Å². The Hall–Kier alpha value is -1.70. The predicted octanol–water partition coefficient (Wildman–Crippen LogP) is 3.12. The van der Waals surface area contributed by atoms with Gasteiger partial charge in [0.15, 0.2) is 0 Å². The number of fused-ring (bicyclic) bond motifs is 1. The van der Waals surface area contributed by atoms with E-state index in [2.05, 4.69) is 11.6 Å². The van der Waals surface area contributed by atoms with Crippen molar-refractivity contribution >= 4 is 10.9 Å².